The van der Waals surface area contributed by atoms with Gasteiger partial charge in [0, 0.05) is 28.1 Å². The van der Waals surface area contributed by atoms with Crippen LogP contribution in [0.4, 0.5) is 0 Å². The number of nitrogens with zero attached hydrogens (tertiary/aromatic N) is 1. The second-order valence-corrected chi connectivity index (χ2v) is 6.46. The van der Waals surface area contributed by atoms with Gasteiger partial charge in [-0.3, -0.25) is 4.98 Å². The van der Waals surface area contributed by atoms with Crippen LogP contribution in [0.15, 0.2) is 34.9 Å². The number of halogens is 1. The van der Waals surface area contributed by atoms with Crippen molar-refractivity contribution in [1.82, 2.24) is 10.3 Å². The molecule has 1 aliphatic rings. The van der Waals surface area contributed by atoms with Crippen LogP contribution in [0.3, 0.4) is 0 Å². The molecule has 0 bridgehead atoms. The summed E-state index contributed by atoms with van der Waals surface area (Å²) in [5.41, 5.74) is 2.12. The second-order valence-electron chi connectivity index (χ2n) is 5.61. The van der Waals surface area contributed by atoms with Crippen LogP contribution in [-0.4, -0.2) is 22.2 Å². The Labute approximate surface area is 127 Å². The van der Waals surface area contributed by atoms with Crippen LogP contribution < -0.4 is 5.32 Å². The zero-order chi connectivity index (χ0) is 14.0. The monoisotopic (exact) mass is 334 g/mol. The fourth-order valence-electron chi connectivity index (χ4n) is 3.06. The highest BCUT2D eigenvalue weighted by Crippen LogP contribution is 2.30. The lowest BCUT2D eigenvalue weighted by atomic mass is 9.98. The number of hydrogen-bond donors (Lipinski definition) is 2. The Balaban J connectivity index is 1.86. The van der Waals surface area contributed by atoms with Gasteiger partial charge in [-0.25, -0.2) is 0 Å². The number of nitrogens with one attached hydrogen (secondary N) is 1. The van der Waals surface area contributed by atoms with E-state index in [0.29, 0.717) is 0 Å². The lowest BCUT2D eigenvalue weighted by Crippen LogP contribution is -2.45. The van der Waals surface area contributed by atoms with Crippen molar-refractivity contribution in [3.63, 3.8) is 0 Å². The van der Waals surface area contributed by atoms with Gasteiger partial charge in [0.05, 0.1) is 12.1 Å². The van der Waals surface area contributed by atoms with Crippen LogP contribution in [0.2, 0.25) is 0 Å². The molecule has 1 aliphatic carbocycles. The lowest BCUT2D eigenvalue weighted by molar-refractivity contribution is 0.163. The number of pyridine rings is 1. The number of aliphatic hydroxyl groups excluding tert-OH is 1. The molecule has 3 rings (SSSR count). The molecule has 2 aromatic rings. The van der Waals surface area contributed by atoms with Crippen molar-refractivity contribution in [3.05, 3.63) is 40.5 Å². The van der Waals surface area contributed by atoms with E-state index >= 15 is 0 Å². The number of rotatable bonds is 4. The smallest absolute Gasteiger partial charge is 0.0758 e. The van der Waals surface area contributed by atoms with Crippen molar-refractivity contribution in [1.29, 1.82) is 0 Å². The van der Waals surface area contributed by atoms with Gasteiger partial charge in [-0.2, -0.15) is 0 Å². The summed E-state index contributed by atoms with van der Waals surface area (Å²) in [7, 11) is 0. The second kappa shape index (κ2) is 5.80. The predicted octanol–water partition coefficient (Wildman–Crippen LogP) is 3.39. The van der Waals surface area contributed by atoms with E-state index in [4.69, 9.17) is 0 Å². The van der Waals surface area contributed by atoms with E-state index in [2.05, 4.69) is 44.4 Å². The summed E-state index contributed by atoms with van der Waals surface area (Å²) in [5.74, 6) is 0. The van der Waals surface area contributed by atoms with Crippen molar-refractivity contribution in [2.45, 2.75) is 37.8 Å². The van der Waals surface area contributed by atoms with Gasteiger partial charge in [-0.15, -0.1) is 0 Å². The summed E-state index contributed by atoms with van der Waals surface area (Å²) in [5, 5.41) is 14.4. The minimum atomic E-state index is -0.0891. The molecule has 0 atom stereocenters. The molecule has 0 spiro atoms. The third kappa shape index (κ3) is 2.60. The Kier molecular flexibility index (Phi) is 4.06. The first-order chi connectivity index (χ1) is 9.74. The van der Waals surface area contributed by atoms with Crippen molar-refractivity contribution >= 4 is 26.8 Å². The maximum Gasteiger partial charge on any atom is 0.0758 e. The maximum absolute atomic E-state index is 9.67. The van der Waals surface area contributed by atoms with Gasteiger partial charge >= 0.3 is 0 Å². The van der Waals surface area contributed by atoms with Crippen molar-refractivity contribution in [2.75, 3.05) is 6.61 Å². The number of aliphatic hydroxyl groups is 1. The molecule has 20 heavy (non-hydrogen) atoms. The quantitative estimate of drug-likeness (QED) is 0.900. The van der Waals surface area contributed by atoms with Gasteiger partial charge in [0.1, 0.15) is 0 Å². The lowest BCUT2D eigenvalue weighted by Gasteiger charge is -2.28. The Morgan fingerprint density at radius 3 is 2.80 bits per heavy atom. The average Bonchev–Trinajstić information content (AvgIpc) is 2.96. The van der Waals surface area contributed by atoms with Crippen LogP contribution in [0.5, 0.6) is 0 Å². The number of hydrogen-bond acceptors (Lipinski definition) is 3. The molecular formula is C16H19BrN2O. The van der Waals surface area contributed by atoms with Gasteiger partial charge in [0.25, 0.3) is 0 Å². The molecule has 0 unspecified atom stereocenters. The van der Waals surface area contributed by atoms with Gasteiger partial charge in [-0.05, 0) is 30.5 Å². The van der Waals surface area contributed by atoms with Gasteiger partial charge in [0.2, 0.25) is 0 Å². The van der Waals surface area contributed by atoms with E-state index < -0.39 is 0 Å². The molecule has 1 saturated carbocycles. The summed E-state index contributed by atoms with van der Waals surface area (Å²) >= 11 is 3.57. The van der Waals surface area contributed by atoms with Gasteiger partial charge in [-0.1, -0.05) is 40.9 Å². The number of fused-ring (bicyclic) bond motifs is 1. The SMILES string of the molecule is OCC1(NCc2ccc(Br)c3cccnc23)CCCC1. The Hall–Kier alpha value is -0.970. The zero-order valence-corrected chi connectivity index (χ0v) is 13.0. The molecule has 106 valence electrons. The molecule has 1 aromatic carbocycles. The fraction of sp³-hybridized carbons (Fsp3) is 0.438. The Bertz CT molecular complexity index is 608. The van der Waals surface area contributed by atoms with Crippen LogP contribution in [0.1, 0.15) is 31.2 Å². The van der Waals surface area contributed by atoms with Crippen LogP contribution in [0.25, 0.3) is 10.9 Å². The normalized spacial score (nSPS) is 17.7. The minimum Gasteiger partial charge on any atom is -0.394 e. The molecule has 0 amide bonds. The van der Waals surface area contributed by atoms with E-state index in [0.717, 1.165) is 34.8 Å². The summed E-state index contributed by atoms with van der Waals surface area (Å²) in [6, 6.07) is 8.21. The molecule has 0 aliphatic heterocycles. The fourth-order valence-corrected chi connectivity index (χ4v) is 3.52. The highest BCUT2D eigenvalue weighted by Gasteiger charge is 2.32. The van der Waals surface area contributed by atoms with Crippen molar-refractivity contribution < 1.29 is 5.11 Å². The molecule has 4 heteroatoms. The highest BCUT2D eigenvalue weighted by molar-refractivity contribution is 9.10. The predicted molar refractivity (Wildman–Crippen MR) is 84.6 cm³/mol. The maximum atomic E-state index is 9.67. The van der Waals surface area contributed by atoms with E-state index in [-0.39, 0.29) is 12.1 Å². The molecule has 1 heterocycles. The molecular weight excluding hydrogens is 316 g/mol. The number of aromatic nitrogens is 1. The van der Waals surface area contributed by atoms with E-state index in [9.17, 15) is 5.11 Å². The molecule has 0 radical (unpaired) electrons. The summed E-state index contributed by atoms with van der Waals surface area (Å²) in [6.45, 7) is 0.968. The summed E-state index contributed by atoms with van der Waals surface area (Å²) in [4.78, 5) is 4.50. The molecule has 3 nitrogen and oxygen atoms in total. The van der Waals surface area contributed by atoms with Crippen LogP contribution in [-0.2, 0) is 6.54 Å². The average molecular weight is 335 g/mol. The van der Waals surface area contributed by atoms with Gasteiger partial charge in [0.15, 0.2) is 0 Å². The van der Waals surface area contributed by atoms with E-state index in [1.54, 1.807) is 0 Å². The van der Waals surface area contributed by atoms with Gasteiger partial charge < -0.3 is 10.4 Å². The standard InChI is InChI=1S/C16H19BrN2O/c17-14-6-5-12(15-13(14)4-3-9-18-15)10-19-16(11-20)7-1-2-8-16/h3-6,9,19-20H,1-2,7-8,10-11H2. The first-order valence-corrected chi connectivity index (χ1v) is 7.91. The molecule has 1 aromatic heterocycles. The topological polar surface area (TPSA) is 45.1 Å². The highest BCUT2D eigenvalue weighted by atomic mass is 79.9. The van der Waals surface area contributed by atoms with Crippen molar-refractivity contribution in [3.8, 4) is 0 Å². The van der Waals surface area contributed by atoms with E-state index in [1.807, 2.05) is 12.3 Å². The molecule has 2 N–H and O–H groups in total. The zero-order valence-electron chi connectivity index (χ0n) is 11.4. The Morgan fingerprint density at radius 1 is 1.25 bits per heavy atom. The third-order valence-corrected chi connectivity index (χ3v) is 5.01. The number of benzene rings is 1. The molecule has 1 fully saturated rings. The minimum absolute atomic E-state index is 0.0891. The van der Waals surface area contributed by atoms with E-state index in [1.165, 1.54) is 18.4 Å². The summed E-state index contributed by atoms with van der Waals surface area (Å²) < 4.78 is 1.07. The Morgan fingerprint density at radius 2 is 2.05 bits per heavy atom. The van der Waals surface area contributed by atoms with Crippen LogP contribution >= 0.6 is 15.9 Å². The molecule has 0 saturated heterocycles. The van der Waals surface area contributed by atoms with Crippen molar-refractivity contribution in [2.24, 2.45) is 0 Å². The third-order valence-electron chi connectivity index (χ3n) is 4.32. The first-order valence-electron chi connectivity index (χ1n) is 7.12. The van der Waals surface area contributed by atoms with Crippen LogP contribution in [0, 0.1) is 0 Å². The largest absolute Gasteiger partial charge is 0.394 e. The summed E-state index contributed by atoms with van der Waals surface area (Å²) in [6.07, 6.45) is 6.35. The first kappa shape index (κ1) is 14.0.